The van der Waals surface area contributed by atoms with E-state index >= 15 is 0 Å². The second-order valence-electron chi connectivity index (χ2n) is 3.77. The summed E-state index contributed by atoms with van der Waals surface area (Å²) in [4.78, 5) is 18.2. The van der Waals surface area contributed by atoms with E-state index in [2.05, 4.69) is 0 Å². The molecule has 0 amide bonds. The lowest BCUT2D eigenvalue weighted by molar-refractivity contribution is 0.387. The minimum atomic E-state index is -4.11. The first-order chi connectivity index (χ1) is 6.41. The summed E-state index contributed by atoms with van der Waals surface area (Å²) in [5.74, 6) is 0.391. The molecule has 3 nitrogen and oxygen atoms in total. The van der Waals surface area contributed by atoms with Crippen molar-refractivity contribution in [3.63, 3.8) is 0 Å². The van der Waals surface area contributed by atoms with Crippen LogP contribution in [-0.2, 0) is 11.0 Å². The van der Waals surface area contributed by atoms with Crippen LogP contribution in [0.2, 0.25) is 0 Å². The highest BCUT2D eigenvalue weighted by atomic mass is 31.2. The van der Waals surface area contributed by atoms with Gasteiger partial charge in [-0.15, -0.1) is 0 Å². The molecular formula is C10H15O3P. The van der Waals surface area contributed by atoms with E-state index < -0.39 is 7.60 Å². The lowest BCUT2D eigenvalue weighted by Crippen LogP contribution is -2.12. The Morgan fingerprint density at radius 3 is 2.36 bits per heavy atom. The molecule has 1 rings (SSSR count). The molecule has 0 atom stereocenters. The van der Waals surface area contributed by atoms with Crippen LogP contribution >= 0.6 is 7.60 Å². The molecule has 1 aromatic rings. The Hall–Kier alpha value is -0.630. The Morgan fingerprint density at radius 1 is 1.29 bits per heavy atom. The standard InChI is InChI=1S/C10H15O3P/c1-8(2)7-9-5-3-4-6-10(9)14(11,12)13/h3-6,8H,7H2,1-2H3,(H2,11,12,13). The fourth-order valence-electron chi connectivity index (χ4n) is 1.41. The zero-order chi connectivity index (χ0) is 10.8. The fraction of sp³-hybridized carbons (Fsp3) is 0.400. The van der Waals surface area contributed by atoms with Crippen LogP contribution in [0.25, 0.3) is 0 Å². The van der Waals surface area contributed by atoms with E-state index in [-0.39, 0.29) is 5.30 Å². The zero-order valence-electron chi connectivity index (χ0n) is 8.34. The maximum absolute atomic E-state index is 11.1. The number of hydrogen-bond acceptors (Lipinski definition) is 1. The molecule has 0 aliphatic rings. The Morgan fingerprint density at radius 2 is 1.86 bits per heavy atom. The molecule has 0 fully saturated rings. The van der Waals surface area contributed by atoms with Gasteiger partial charge in [-0.3, -0.25) is 4.57 Å². The van der Waals surface area contributed by atoms with Crippen LogP contribution in [0.1, 0.15) is 19.4 Å². The fourth-order valence-corrected chi connectivity index (χ4v) is 2.23. The van der Waals surface area contributed by atoms with Gasteiger partial charge in [0, 0.05) is 0 Å². The summed E-state index contributed by atoms with van der Waals surface area (Å²) >= 11 is 0. The Balaban J connectivity index is 3.10. The zero-order valence-corrected chi connectivity index (χ0v) is 9.24. The SMILES string of the molecule is CC(C)Cc1ccccc1P(=O)(O)O. The molecule has 0 heterocycles. The predicted molar refractivity (Wildman–Crippen MR) is 56.7 cm³/mol. The maximum atomic E-state index is 11.1. The molecule has 0 aliphatic heterocycles. The van der Waals surface area contributed by atoms with Gasteiger partial charge in [-0.05, 0) is 24.0 Å². The third-order valence-corrected chi connectivity index (χ3v) is 3.00. The molecule has 2 N–H and O–H groups in total. The third-order valence-electron chi connectivity index (χ3n) is 1.93. The highest BCUT2D eigenvalue weighted by Crippen LogP contribution is 2.34. The van der Waals surface area contributed by atoms with Crippen LogP contribution in [0.4, 0.5) is 0 Å². The van der Waals surface area contributed by atoms with Crippen molar-refractivity contribution >= 4 is 12.9 Å². The average molecular weight is 214 g/mol. The second kappa shape index (κ2) is 4.26. The van der Waals surface area contributed by atoms with Gasteiger partial charge in [0.15, 0.2) is 0 Å². The van der Waals surface area contributed by atoms with Gasteiger partial charge in [0.2, 0.25) is 0 Å². The summed E-state index contributed by atoms with van der Waals surface area (Å²) in [6.45, 7) is 4.05. The van der Waals surface area contributed by atoms with Crippen molar-refractivity contribution in [2.45, 2.75) is 20.3 Å². The first-order valence-corrected chi connectivity index (χ1v) is 6.16. The molecule has 0 unspecified atom stereocenters. The van der Waals surface area contributed by atoms with E-state index in [0.717, 1.165) is 5.56 Å². The molecule has 14 heavy (non-hydrogen) atoms. The van der Waals surface area contributed by atoms with Crippen molar-refractivity contribution in [2.75, 3.05) is 0 Å². The predicted octanol–water partition coefficient (Wildman–Crippen LogP) is 1.69. The smallest absolute Gasteiger partial charge is 0.321 e. The molecule has 0 radical (unpaired) electrons. The number of rotatable bonds is 3. The van der Waals surface area contributed by atoms with Crippen LogP contribution in [0.5, 0.6) is 0 Å². The molecule has 78 valence electrons. The minimum Gasteiger partial charge on any atom is -0.321 e. The Bertz CT molecular complexity index is 354. The lowest BCUT2D eigenvalue weighted by atomic mass is 10.0. The van der Waals surface area contributed by atoms with Gasteiger partial charge in [0.25, 0.3) is 0 Å². The van der Waals surface area contributed by atoms with E-state index in [4.69, 9.17) is 9.79 Å². The van der Waals surface area contributed by atoms with Crippen molar-refractivity contribution in [1.29, 1.82) is 0 Å². The second-order valence-corrected chi connectivity index (χ2v) is 5.34. The van der Waals surface area contributed by atoms with Crippen molar-refractivity contribution in [3.8, 4) is 0 Å². The molecule has 0 aliphatic carbocycles. The van der Waals surface area contributed by atoms with E-state index in [1.165, 1.54) is 6.07 Å². The summed E-state index contributed by atoms with van der Waals surface area (Å²) < 4.78 is 11.1. The van der Waals surface area contributed by atoms with Crippen LogP contribution in [0.15, 0.2) is 24.3 Å². The summed E-state index contributed by atoms with van der Waals surface area (Å²) in [5, 5.41) is 0.161. The first kappa shape index (κ1) is 11.4. The van der Waals surface area contributed by atoms with Gasteiger partial charge in [0.05, 0.1) is 5.30 Å². The molecule has 0 saturated heterocycles. The van der Waals surface area contributed by atoms with E-state index in [1.54, 1.807) is 18.2 Å². The van der Waals surface area contributed by atoms with Crippen LogP contribution in [0.3, 0.4) is 0 Å². The highest BCUT2D eigenvalue weighted by Gasteiger charge is 2.20. The maximum Gasteiger partial charge on any atom is 0.356 e. The van der Waals surface area contributed by atoms with Crippen LogP contribution in [-0.4, -0.2) is 9.79 Å². The van der Waals surface area contributed by atoms with Gasteiger partial charge in [-0.2, -0.15) is 0 Å². The monoisotopic (exact) mass is 214 g/mol. The Kier molecular flexibility index (Phi) is 3.48. The first-order valence-electron chi connectivity index (χ1n) is 4.55. The molecule has 4 heteroatoms. The lowest BCUT2D eigenvalue weighted by Gasteiger charge is -2.12. The molecule has 0 saturated carbocycles. The normalized spacial score (nSPS) is 12.1. The molecular weight excluding hydrogens is 199 g/mol. The molecule has 1 aromatic carbocycles. The summed E-state index contributed by atoms with van der Waals surface area (Å²) in [6, 6.07) is 6.72. The molecule has 0 aromatic heterocycles. The van der Waals surface area contributed by atoms with Gasteiger partial charge >= 0.3 is 7.60 Å². The minimum absolute atomic E-state index is 0.161. The third kappa shape index (κ3) is 2.95. The largest absolute Gasteiger partial charge is 0.356 e. The number of benzene rings is 1. The molecule has 0 spiro atoms. The van der Waals surface area contributed by atoms with Gasteiger partial charge in [-0.1, -0.05) is 32.0 Å². The summed E-state index contributed by atoms with van der Waals surface area (Å²) in [7, 11) is -4.11. The van der Waals surface area contributed by atoms with Gasteiger partial charge in [-0.25, -0.2) is 0 Å². The highest BCUT2D eigenvalue weighted by molar-refractivity contribution is 7.60. The quantitative estimate of drug-likeness (QED) is 0.753. The van der Waals surface area contributed by atoms with E-state index in [0.29, 0.717) is 12.3 Å². The Labute approximate surface area is 83.9 Å². The van der Waals surface area contributed by atoms with Crippen molar-refractivity contribution in [3.05, 3.63) is 29.8 Å². The summed E-state index contributed by atoms with van der Waals surface area (Å²) in [6.07, 6.45) is 0.696. The topological polar surface area (TPSA) is 57.5 Å². The van der Waals surface area contributed by atoms with Crippen LogP contribution < -0.4 is 5.30 Å². The van der Waals surface area contributed by atoms with E-state index in [9.17, 15) is 4.57 Å². The van der Waals surface area contributed by atoms with Crippen molar-refractivity contribution in [1.82, 2.24) is 0 Å². The van der Waals surface area contributed by atoms with Crippen molar-refractivity contribution in [2.24, 2.45) is 5.92 Å². The number of hydrogen-bond donors (Lipinski definition) is 2. The van der Waals surface area contributed by atoms with Gasteiger partial charge < -0.3 is 9.79 Å². The van der Waals surface area contributed by atoms with Crippen molar-refractivity contribution < 1.29 is 14.4 Å². The average Bonchev–Trinajstić information content (AvgIpc) is 2.01. The van der Waals surface area contributed by atoms with Gasteiger partial charge in [0.1, 0.15) is 0 Å². The van der Waals surface area contributed by atoms with Crippen LogP contribution in [0, 0.1) is 5.92 Å². The molecule has 0 bridgehead atoms. The van der Waals surface area contributed by atoms with E-state index in [1.807, 2.05) is 13.8 Å². The summed E-state index contributed by atoms with van der Waals surface area (Å²) in [5.41, 5.74) is 0.746.